The van der Waals surface area contributed by atoms with Gasteiger partial charge in [-0.1, -0.05) is 13.8 Å². The maximum Gasteiger partial charge on any atom is 0.132 e. The van der Waals surface area contributed by atoms with E-state index in [0.29, 0.717) is 11.8 Å². The van der Waals surface area contributed by atoms with Crippen molar-refractivity contribution < 1.29 is 0 Å². The summed E-state index contributed by atoms with van der Waals surface area (Å²) in [7, 11) is 0. The molecule has 2 N–H and O–H groups in total. The number of piperidine rings is 1. The lowest BCUT2D eigenvalue weighted by molar-refractivity contribution is 0.235. The number of aromatic nitrogens is 2. The quantitative estimate of drug-likeness (QED) is 0.911. The van der Waals surface area contributed by atoms with Gasteiger partial charge >= 0.3 is 0 Å². The third-order valence-electron chi connectivity index (χ3n) is 5.35. The van der Waals surface area contributed by atoms with Crippen LogP contribution in [0.1, 0.15) is 43.3 Å². The standard InChI is InChI=1S/C19H27N5/c1-11(2)9-24-6-5-14-17(10-24)22-23-18(14)19-20-15-7-12(3)13(4)8-16(15)21-19/h7-8,11,14,18,23H,5-6,9-10H2,1-4H3,(H,20,21). The summed E-state index contributed by atoms with van der Waals surface area (Å²) in [4.78, 5) is 10.9. The molecule has 1 saturated heterocycles. The molecule has 0 aliphatic carbocycles. The molecule has 0 amide bonds. The van der Waals surface area contributed by atoms with Crippen LogP contribution in [0, 0.1) is 25.7 Å². The van der Waals surface area contributed by atoms with Crippen molar-refractivity contribution in [1.29, 1.82) is 0 Å². The van der Waals surface area contributed by atoms with E-state index in [4.69, 9.17) is 4.98 Å². The van der Waals surface area contributed by atoms with Gasteiger partial charge in [-0.25, -0.2) is 4.98 Å². The van der Waals surface area contributed by atoms with Gasteiger partial charge in [0.2, 0.25) is 0 Å². The largest absolute Gasteiger partial charge is 0.340 e. The van der Waals surface area contributed by atoms with Crippen molar-refractivity contribution in [3.05, 3.63) is 29.1 Å². The average molecular weight is 325 g/mol. The fourth-order valence-corrected chi connectivity index (χ4v) is 3.99. The molecule has 0 bridgehead atoms. The Balaban J connectivity index is 1.55. The van der Waals surface area contributed by atoms with E-state index in [1.165, 1.54) is 16.8 Å². The topological polar surface area (TPSA) is 56.3 Å². The molecule has 128 valence electrons. The molecule has 2 aliphatic rings. The minimum absolute atomic E-state index is 0.189. The molecule has 2 aromatic rings. The molecule has 1 aromatic carbocycles. The van der Waals surface area contributed by atoms with Crippen LogP contribution in [0.2, 0.25) is 0 Å². The smallest absolute Gasteiger partial charge is 0.132 e. The molecule has 2 unspecified atom stereocenters. The molecular weight excluding hydrogens is 298 g/mol. The lowest BCUT2D eigenvalue weighted by Gasteiger charge is -2.32. The van der Waals surface area contributed by atoms with E-state index in [0.717, 1.165) is 42.9 Å². The van der Waals surface area contributed by atoms with Crippen LogP contribution < -0.4 is 5.43 Å². The third-order valence-corrected chi connectivity index (χ3v) is 5.35. The number of hydrogen-bond acceptors (Lipinski definition) is 4. The number of aryl methyl sites for hydroxylation is 2. The van der Waals surface area contributed by atoms with Crippen LogP contribution >= 0.6 is 0 Å². The molecule has 2 atom stereocenters. The summed E-state index contributed by atoms with van der Waals surface area (Å²) in [5.41, 5.74) is 9.41. The second-order valence-electron chi connectivity index (χ2n) is 7.81. The zero-order chi connectivity index (χ0) is 16.8. The second-order valence-corrected chi connectivity index (χ2v) is 7.81. The highest BCUT2D eigenvalue weighted by Gasteiger charge is 2.38. The molecule has 1 fully saturated rings. The van der Waals surface area contributed by atoms with Crippen LogP contribution in [-0.2, 0) is 0 Å². The Kier molecular flexibility index (Phi) is 3.83. The number of aromatic amines is 1. The fraction of sp³-hybridized carbons (Fsp3) is 0.579. The summed E-state index contributed by atoms with van der Waals surface area (Å²) >= 11 is 0. The van der Waals surface area contributed by atoms with Crippen LogP contribution in [0.3, 0.4) is 0 Å². The Bertz CT molecular complexity index is 749. The molecular formula is C19H27N5. The van der Waals surface area contributed by atoms with Crippen LogP contribution in [0.5, 0.6) is 0 Å². The van der Waals surface area contributed by atoms with Crippen molar-refractivity contribution in [2.45, 2.75) is 40.2 Å². The number of imidazole rings is 1. The Morgan fingerprint density at radius 2 is 2.04 bits per heavy atom. The predicted octanol–water partition coefficient (Wildman–Crippen LogP) is 3.16. The van der Waals surface area contributed by atoms with Crippen LogP contribution in [-0.4, -0.2) is 40.2 Å². The first kappa shape index (κ1) is 15.6. The molecule has 4 rings (SSSR count). The summed E-state index contributed by atoms with van der Waals surface area (Å²) in [5, 5.41) is 4.64. The molecule has 0 saturated carbocycles. The molecule has 0 spiro atoms. The van der Waals surface area contributed by atoms with Gasteiger partial charge in [0.15, 0.2) is 0 Å². The lowest BCUT2D eigenvalue weighted by atomic mass is 9.88. The van der Waals surface area contributed by atoms with Gasteiger partial charge < -0.3 is 4.98 Å². The summed E-state index contributed by atoms with van der Waals surface area (Å²) in [6.45, 7) is 12.1. The zero-order valence-electron chi connectivity index (χ0n) is 15.1. The molecule has 5 heteroatoms. The minimum Gasteiger partial charge on any atom is -0.340 e. The van der Waals surface area contributed by atoms with E-state index in [1.54, 1.807) is 0 Å². The number of hydrogen-bond donors (Lipinski definition) is 2. The van der Waals surface area contributed by atoms with E-state index < -0.39 is 0 Å². The molecule has 24 heavy (non-hydrogen) atoms. The van der Waals surface area contributed by atoms with Gasteiger partial charge in [-0.05, 0) is 56.0 Å². The zero-order valence-corrected chi connectivity index (χ0v) is 15.1. The number of hydrazone groups is 1. The SMILES string of the molecule is Cc1cc2nc(C3NN=C4CN(CC(C)C)CCC43)[nH]c2cc1C. The maximum absolute atomic E-state index is 4.85. The summed E-state index contributed by atoms with van der Waals surface area (Å²) in [6.07, 6.45) is 1.15. The van der Waals surface area contributed by atoms with Gasteiger partial charge in [-0.15, -0.1) is 0 Å². The van der Waals surface area contributed by atoms with Gasteiger partial charge in [0.1, 0.15) is 11.9 Å². The minimum atomic E-state index is 0.189. The highest BCUT2D eigenvalue weighted by Crippen LogP contribution is 2.33. The number of nitrogens with one attached hydrogen (secondary N) is 2. The van der Waals surface area contributed by atoms with E-state index in [2.05, 4.69) is 60.2 Å². The number of nitrogens with zero attached hydrogens (tertiary/aromatic N) is 3. The van der Waals surface area contributed by atoms with Gasteiger partial charge in [0, 0.05) is 19.0 Å². The highest BCUT2D eigenvalue weighted by molar-refractivity contribution is 5.91. The third kappa shape index (κ3) is 2.71. The predicted molar refractivity (Wildman–Crippen MR) is 98.3 cm³/mol. The van der Waals surface area contributed by atoms with Crippen LogP contribution in [0.25, 0.3) is 11.0 Å². The average Bonchev–Trinajstić information content (AvgIpc) is 3.10. The summed E-state index contributed by atoms with van der Waals surface area (Å²) in [5.74, 6) is 2.20. The van der Waals surface area contributed by atoms with Gasteiger partial charge in [-0.2, -0.15) is 5.10 Å². The molecule has 1 aromatic heterocycles. The molecule has 0 radical (unpaired) electrons. The van der Waals surface area contributed by atoms with E-state index in [9.17, 15) is 0 Å². The number of benzene rings is 1. The number of rotatable bonds is 3. The van der Waals surface area contributed by atoms with Crippen LogP contribution in [0.4, 0.5) is 0 Å². The molecule has 3 heterocycles. The molecule has 2 aliphatic heterocycles. The number of H-pyrrole nitrogens is 1. The van der Waals surface area contributed by atoms with Crippen molar-refractivity contribution in [1.82, 2.24) is 20.3 Å². The lowest BCUT2D eigenvalue weighted by Crippen LogP contribution is -2.42. The Morgan fingerprint density at radius 3 is 2.83 bits per heavy atom. The van der Waals surface area contributed by atoms with Gasteiger partial charge in [0.25, 0.3) is 0 Å². The van der Waals surface area contributed by atoms with Gasteiger partial charge in [0.05, 0.1) is 16.7 Å². The summed E-state index contributed by atoms with van der Waals surface area (Å²) in [6, 6.07) is 4.56. The van der Waals surface area contributed by atoms with Crippen molar-refractivity contribution in [3.63, 3.8) is 0 Å². The highest BCUT2D eigenvalue weighted by atomic mass is 15.4. The first-order valence-electron chi connectivity index (χ1n) is 9.02. The number of likely N-dealkylation sites (tertiary alicyclic amines) is 1. The van der Waals surface area contributed by atoms with Crippen molar-refractivity contribution in [3.8, 4) is 0 Å². The van der Waals surface area contributed by atoms with Crippen molar-refractivity contribution >= 4 is 16.7 Å². The van der Waals surface area contributed by atoms with E-state index >= 15 is 0 Å². The first-order chi connectivity index (χ1) is 11.5. The van der Waals surface area contributed by atoms with E-state index in [1.807, 2.05) is 0 Å². The maximum atomic E-state index is 4.85. The van der Waals surface area contributed by atoms with E-state index in [-0.39, 0.29) is 6.04 Å². The normalized spacial score (nSPS) is 24.3. The van der Waals surface area contributed by atoms with Crippen molar-refractivity contribution in [2.75, 3.05) is 19.6 Å². The second kappa shape index (κ2) is 5.88. The Labute approximate surface area is 143 Å². The van der Waals surface area contributed by atoms with Gasteiger partial charge in [-0.3, -0.25) is 10.3 Å². The monoisotopic (exact) mass is 325 g/mol. The first-order valence-corrected chi connectivity index (χ1v) is 9.02. The molecule has 5 nitrogen and oxygen atoms in total. The Hall–Kier alpha value is -1.88. The van der Waals surface area contributed by atoms with Crippen LogP contribution in [0.15, 0.2) is 17.2 Å². The van der Waals surface area contributed by atoms with Crippen molar-refractivity contribution in [2.24, 2.45) is 16.9 Å². The number of fused-ring (bicyclic) bond motifs is 2. The summed E-state index contributed by atoms with van der Waals surface area (Å²) < 4.78 is 0. The Morgan fingerprint density at radius 1 is 1.25 bits per heavy atom. The fourth-order valence-electron chi connectivity index (χ4n) is 3.99.